The Balaban J connectivity index is 1.34. The lowest BCUT2D eigenvalue weighted by Crippen LogP contribution is -2.42. The number of fused-ring (bicyclic) bond motifs is 2. The van der Waals surface area contributed by atoms with Gasteiger partial charge in [0.1, 0.15) is 17.3 Å². The summed E-state index contributed by atoms with van der Waals surface area (Å²) in [6, 6.07) is 10.7. The average Bonchev–Trinajstić information content (AvgIpc) is 3.62. The molecule has 190 valence electrons. The van der Waals surface area contributed by atoms with Crippen LogP contribution in [0.1, 0.15) is 50.1 Å². The van der Waals surface area contributed by atoms with Crippen LogP contribution in [0.2, 0.25) is 0 Å². The molecule has 4 heterocycles. The number of nitriles is 1. The Morgan fingerprint density at radius 2 is 1.92 bits per heavy atom. The molecule has 4 aromatic rings. The fraction of sp³-hybridized carbons (Fsp3) is 0.429. The number of pyridine rings is 1. The molecule has 1 saturated carbocycles. The van der Waals surface area contributed by atoms with Crippen molar-refractivity contribution in [1.82, 2.24) is 24.4 Å². The van der Waals surface area contributed by atoms with E-state index >= 15 is 0 Å². The minimum absolute atomic E-state index is 0.0667. The molecule has 0 amide bonds. The lowest BCUT2D eigenvalue weighted by Gasteiger charge is -2.36. The summed E-state index contributed by atoms with van der Waals surface area (Å²) in [5, 5.41) is 14.8. The molecule has 2 N–H and O–H groups in total. The van der Waals surface area contributed by atoms with Crippen molar-refractivity contribution in [2.45, 2.75) is 50.6 Å². The average molecular weight is 497 g/mol. The molecule has 37 heavy (non-hydrogen) atoms. The van der Waals surface area contributed by atoms with Gasteiger partial charge in [0.15, 0.2) is 0 Å². The van der Waals surface area contributed by atoms with Crippen molar-refractivity contribution in [1.29, 1.82) is 5.26 Å². The molecule has 1 aliphatic carbocycles. The summed E-state index contributed by atoms with van der Waals surface area (Å²) in [6.45, 7) is 2.07. The molecule has 1 aromatic carbocycles. The zero-order chi connectivity index (χ0) is 25.5. The van der Waals surface area contributed by atoms with Crippen LogP contribution in [0, 0.1) is 11.3 Å². The third-order valence-corrected chi connectivity index (χ3v) is 8.07. The predicted molar refractivity (Wildman–Crippen MR) is 147 cm³/mol. The van der Waals surface area contributed by atoms with Crippen molar-refractivity contribution in [2.75, 3.05) is 37.4 Å². The fourth-order valence-corrected chi connectivity index (χ4v) is 6.03. The number of aromatic nitrogens is 4. The van der Waals surface area contributed by atoms with Gasteiger partial charge < -0.3 is 20.1 Å². The number of benzene rings is 1. The molecule has 2 aliphatic rings. The summed E-state index contributed by atoms with van der Waals surface area (Å²) in [5.74, 6) is 0.429. The van der Waals surface area contributed by atoms with Gasteiger partial charge in [-0.25, -0.2) is 4.98 Å². The molecular weight excluding hydrogens is 464 g/mol. The summed E-state index contributed by atoms with van der Waals surface area (Å²) in [5.41, 5.74) is 3.58. The Hall–Kier alpha value is -3.90. The monoisotopic (exact) mass is 496 g/mol. The van der Waals surface area contributed by atoms with Gasteiger partial charge in [-0.2, -0.15) is 10.2 Å². The van der Waals surface area contributed by atoms with Crippen molar-refractivity contribution in [3.05, 3.63) is 52.6 Å². The second kappa shape index (κ2) is 9.52. The minimum Gasteiger partial charge on any atom is -0.371 e. The highest BCUT2D eigenvalue weighted by Crippen LogP contribution is 2.35. The molecule has 1 saturated heterocycles. The molecule has 0 radical (unpaired) electrons. The molecule has 0 bridgehead atoms. The topological polar surface area (TPSA) is 106 Å². The van der Waals surface area contributed by atoms with E-state index in [-0.39, 0.29) is 17.2 Å². The molecule has 3 aromatic heterocycles. The van der Waals surface area contributed by atoms with Crippen molar-refractivity contribution >= 4 is 39.3 Å². The Morgan fingerprint density at radius 1 is 1.14 bits per heavy atom. The van der Waals surface area contributed by atoms with Crippen molar-refractivity contribution in [3.8, 4) is 6.07 Å². The summed E-state index contributed by atoms with van der Waals surface area (Å²) in [4.78, 5) is 30.6. The van der Waals surface area contributed by atoms with Gasteiger partial charge >= 0.3 is 0 Å². The maximum absolute atomic E-state index is 13.1. The van der Waals surface area contributed by atoms with Crippen LogP contribution in [-0.4, -0.2) is 57.6 Å². The van der Waals surface area contributed by atoms with E-state index in [9.17, 15) is 10.1 Å². The van der Waals surface area contributed by atoms with E-state index in [4.69, 9.17) is 4.98 Å². The van der Waals surface area contributed by atoms with Crippen LogP contribution in [0.3, 0.4) is 0 Å². The van der Waals surface area contributed by atoms with E-state index in [0.29, 0.717) is 23.0 Å². The van der Waals surface area contributed by atoms with Crippen LogP contribution in [0.4, 0.5) is 17.3 Å². The molecule has 0 atom stereocenters. The maximum atomic E-state index is 13.1. The number of nitrogens with zero attached hydrogens (tertiary/aromatic N) is 6. The van der Waals surface area contributed by atoms with Gasteiger partial charge in [0.25, 0.3) is 5.56 Å². The summed E-state index contributed by atoms with van der Waals surface area (Å²) in [7, 11) is 4.32. The Bertz CT molecular complexity index is 1550. The van der Waals surface area contributed by atoms with Gasteiger partial charge in [0.05, 0.1) is 11.2 Å². The zero-order valence-electron chi connectivity index (χ0n) is 21.4. The molecule has 0 unspecified atom stereocenters. The maximum Gasteiger partial charge on any atom is 0.270 e. The molecule has 6 rings (SSSR count). The van der Waals surface area contributed by atoms with E-state index in [0.717, 1.165) is 68.2 Å². The number of rotatable bonds is 5. The van der Waals surface area contributed by atoms with Gasteiger partial charge in [-0.05, 0) is 64.0 Å². The lowest BCUT2D eigenvalue weighted by molar-refractivity contribution is 0.250. The number of piperidine rings is 1. The zero-order valence-corrected chi connectivity index (χ0v) is 21.4. The second-order valence-corrected chi connectivity index (χ2v) is 10.5. The Morgan fingerprint density at radius 3 is 2.65 bits per heavy atom. The third-order valence-electron chi connectivity index (χ3n) is 8.07. The van der Waals surface area contributed by atoms with Gasteiger partial charge in [-0.1, -0.05) is 12.8 Å². The number of nitrogens with one attached hydrogen (secondary N) is 2. The smallest absolute Gasteiger partial charge is 0.270 e. The SMILES string of the molecule is CN(C)C1CCN(c2ccc(Nc3ncc4cc(C#N)c(=O)n(C5CCCC5)c4n3)c3[nH]ccc23)CC1. The van der Waals surface area contributed by atoms with E-state index in [1.165, 1.54) is 5.69 Å². The Labute approximate surface area is 215 Å². The quantitative estimate of drug-likeness (QED) is 0.418. The van der Waals surface area contributed by atoms with E-state index in [1.807, 2.05) is 12.3 Å². The first-order valence-electron chi connectivity index (χ1n) is 13.1. The lowest BCUT2D eigenvalue weighted by atomic mass is 10.0. The van der Waals surface area contributed by atoms with Gasteiger partial charge in [-0.3, -0.25) is 9.36 Å². The highest BCUT2D eigenvalue weighted by Gasteiger charge is 2.24. The highest BCUT2D eigenvalue weighted by atomic mass is 16.1. The highest BCUT2D eigenvalue weighted by molar-refractivity contribution is 6.01. The van der Waals surface area contributed by atoms with Crippen LogP contribution in [0.15, 0.2) is 41.5 Å². The fourth-order valence-electron chi connectivity index (χ4n) is 6.03. The molecule has 0 spiro atoms. The Kier molecular flexibility index (Phi) is 6.05. The van der Waals surface area contributed by atoms with Gasteiger partial charge in [0.2, 0.25) is 5.95 Å². The molecule has 2 fully saturated rings. The van der Waals surface area contributed by atoms with Crippen LogP contribution in [0.25, 0.3) is 21.9 Å². The standard InChI is InChI=1S/C28H32N8O/c1-34(2)20-10-13-35(14-11-20)24-8-7-23(25-22(24)9-12-30-25)32-28-31-17-19-15-18(16-29)27(37)36(26(19)33-28)21-5-3-4-6-21/h7-9,12,15,17,20-21,30H,3-6,10-11,13-14H2,1-2H3,(H,31,32,33). The number of hydrogen-bond acceptors (Lipinski definition) is 7. The number of anilines is 3. The number of hydrogen-bond donors (Lipinski definition) is 2. The summed E-state index contributed by atoms with van der Waals surface area (Å²) in [6.07, 6.45) is 9.98. The molecular formula is C28H32N8O. The van der Waals surface area contributed by atoms with Crippen LogP contribution >= 0.6 is 0 Å². The first-order valence-corrected chi connectivity index (χ1v) is 13.1. The first kappa shape index (κ1) is 23.5. The van der Waals surface area contributed by atoms with E-state index in [1.54, 1.807) is 16.8 Å². The van der Waals surface area contributed by atoms with E-state index < -0.39 is 0 Å². The third kappa shape index (κ3) is 4.21. The second-order valence-electron chi connectivity index (χ2n) is 10.5. The van der Waals surface area contributed by atoms with Crippen LogP contribution < -0.4 is 15.8 Å². The summed E-state index contributed by atoms with van der Waals surface area (Å²) < 4.78 is 1.72. The van der Waals surface area contributed by atoms with E-state index in [2.05, 4.69) is 57.4 Å². The van der Waals surface area contributed by atoms with Crippen molar-refractivity contribution in [3.63, 3.8) is 0 Å². The van der Waals surface area contributed by atoms with Gasteiger partial charge in [-0.15, -0.1) is 0 Å². The van der Waals surface area contributed by atoms with Crippen molar-refractivity contribution in [2.24, 2.45) is 0 Å². The minimum atomic E-state index is -0.263. The normalized spacial score (nSPS) is 17.2. The van der Waals surface area contributed by atoms with Crippen LogP contribution in [-0.2, 0) is 0 Å². The molecule has 1 aliphatic heterocycles. The first-order chi connectivity index (χ1) is 18.0. The molecule has 9 heteroatoms. The van der Waals surface area contributed by atoms with Gasteiger partial charge in [0, 0.05) is 54.0 Å². The predicted octanol–water partition coefficient (Wildman–Crippen LogP) is 4.53. The number of H-pyrrole nitrogens is 1. The molecule has 9 nitrogen and oxygen atoms in total. The van der Waals surface area contributed by atoms with Crippen LogP contribution in [0.5, 0.6) is 0 Å². The van der Waals surface area contributed by atoms with Crippen molar-refractivity contribution < 1.29 is 0 Å². The largest absolute Gasteiger partial charge is 0.371 e. The number of aromatic amines is 1. The summed E-state index contributed by atoms with van der Waals surface area (Å²) >= 11 is 0.